The molecule has 0 aromatic heterocycles. The molecule has 0 aliphatic carbocycles. The van der Waals surface area contributed by atoms with Crippen LogP contribution in [0.15, 0.2) is 11.1 Å². The highest BCUT2D eigenvalue weighted by Gasteiger charge is 2.32. The van der Waals surface area contributed by atoms with E-state index in [0.717, 1.165) is 5.57 Å². The van der Waals surface area contributed by atoms with Gasteiger partial charge in [0.25, 0.3) is 0 Å². The van der Waals surface area contributed by atoms with E-state index in [1.807, 2.05) is 0 Å². The summed E-state index contributed by atoms with van der Waals surface area (Å²) in [4.78, 5) is 11.5. The molecule has 4 N–H and O–H groups in total. The quantitative estimate of drug-likeness (QED) is 0.480. The van der Waals surface area contributed by atoms with Crippen molar-refractivity contribution < 1.29 is 14.6 Å². The topological polar surface area (TPSA) is 84.6 Å². The van der Waals surface area contributed by atoms with Crippen LogP contribution in [0, 0.1) is 0 Å². The van der Waals surface area contributed by atoms with Gasteiger partial charge in [0.2, 0.25) is 5.91 Å². The van der Waals surface area contributed by atoms with E-state index in [1.54, 1.807) is 0 Å². The van der Waals surface area contributed by atoms with Crippen LogP contribution in [0.4, 0.5) is 0 Å². The van der Waals surface area contributed by atoms with Gasteiger partial charge in [-0.3, -0.25) is 4.79 Å². The maximum Gasteiger partial charge on any atom is 0.249 e. The molecule has 1 amide bonds. The number of nitrogens with two attached hydrogens (primary N) is 1. The van der Waals surface area contributed by atoms with Crippen LogP contribution in [0.3, 0.4) is 0 Å². The van der Waals surface area contributed by atoms with Crippen molar-refractivity contribution in [1.82, 2.24) is 5.32 Å². The number of hydrogen-bond acceptors (Lipinski definition) is 4. The SMILES string of the molecule is NCC1CC2=C(COC[C@H]2O)C(=O)N1. The lowest BCUT2D eigenvalue weighted by atomic mass is 9.90. The van der Waals surface area contributed by atoms with Gasteiger partial charge in [0.1, 0.15) is 0 Å². The summed E-state index contributed by atoms with van der Waals surface area (Å²) >= 11 is 0. The van der Waals surface area contributed by atoms with E-state index >= 15 is 0 Å². The summed E-state index contributed by atoms with van der Waals surface area (Å²) < 4.78 is 5.09. The fraction of sp³-hybridized carbons (Fsp3) is 0.667. The molecular formula is C9H14N2O3. The maximum absolute atomic E-state index is 11.5. The van der Waals surface area contributed by atoms with Gasteiger partial charge in [-0.15, -0.1) is 0 Å². The van der Waals surface area contributed by atoms with E-state index in [1.165, 1.54) is 0 Å². The van der Waals surface area contributed by atoms with E-state index in [4.69, 9.17) is 10.5 Å². The van der Waals surface area contributed by atoms with Gasteiger partial charge in [-0.2, -0.15) is 0 Å². The van der Waals surface area contributed by atoms with Gasteiger partial charge in [0, 0.05) is 18.2 Å². The first kappa shape index (κ1) is 9.64. The molecular weight excluding hydrogens is 184 g/mol. The summed E-state index contributed by atoms with van der Waals surface area (Å²) in [7, 11) is 0. The van der Waals surface area contributed by atoms with Crippen LogP contribution in [0.5, 0.6) is 0 Å². The second kappa shape index (κ2) is 3.68. The molecule has 0 saturated heterocycles. The maximum atomic E-state index is 11.5. The lowest BCUT2D eigenvalue weighted by Gasteiger charge is -2.32. The molecule has 2 aliphatic heterocycles. The Hall–Kier alpha value is -0.910. The fourth-order valence-corrected chi connectivity index (χ4v) is 1.87. The molecule has 0 spiro atoms. The number of nitrogens with one attached hydrogen (secondary N) is 1. The monoisotopic (exact) mass is 198 g/mol. The van der Waals surface area contributed by atoms with Gasteiger partial charge in [-0.05, 0) is 12.0 Å². The van der Waals surface area contributed by atoms with Crippen molar-refractivity contribution in [2.45, 2.75) is 18.6 Å². The first-order chi connectivity index (χ1) is 6.72. The van der Waals surface area contributed by atoms with E-state index in [-0.39, 0.29) is 18.6 Å². The average molecular weight is 198 g/mol. The summed E-state index contributed by atoms with van der Waals surface area (Å²) in [5.41, 5.74) is 6.86. The minimum atomic E-state index is -0.640. The van der Waals surface area contributed by atoms with E-state index in [2.05, 4.69) is 5.32 Å². The average Bonchev–Trinajstić information content (AvgIpc) is 2.19. The van der Waals surface area contributed by atoms with Gasteiger partial charge in [0.15, 0.2) is 0 Å². The smallest absolute Gasteiger partial charge is 0.249 e. The minimum Gasteiger partial charge on any atom is -0.386 e. The number of ether oxygens (including phenoxy) is 1. The molecule has 1 unspecified atom stereocenters. The molecule has 2 atom stereocenters. The molecule has 0 fully saturated rings. The van der Waals surface area contributed by atoms with Crippen LogP contribution >= 0.6 is 0 Å². The summed E-state index contributed by atoms with van der Waals surface area (Å²) in [6.07, 6.45) is 0.00102. The van der Waals surface area contributed by atoms with Crippen LogP contribution in [0.25, 0.3) is 0 Å². The molecule has 2 heterocycles. The second-order valence-corrected chi connectivity index (χ2v) is 3.64. The molecule has 0 saturated carbocycles. The van der Waals surface area contributed by atoms with E-state index in [9.17, 15) is 9.90 Å². The summed E-state index contributed by atoms with van der Waals surface area (Å²) in [6.45, 7) is 0.981. The Labute approximate surface area is 81.9 Å². The van der Waals surface area contributed by atoms with Crippen molar-refractivity contribution >= 4 is 5.91 Å². The summed E-state index contributed by atoms with van der Waals surface area (Å²) in [5, 5.41) is 12.4. The number of aliphatic hydroxyl groups excluding tert-OH is 1. The normalized spacial score (nSPS) is 32.6. The summed E-state index contributed by atoms with van der Waals surface area (Å²) in [6, 6.07) is -0.0472. The van der Waals surface area contributed by atoms with Crippen molar-refractivity contribution in [1.29, 1.82) is 0 Å². The zero-order chi connectivity index (χ0) is 10.1. The highest BCUT2D eigenvalue weighted by atomic mass is 16.5. The largest absolute Gasteiger partial charge is 0.386 e. The highest BCUT2D eigenvalue weighted by Crippen LogP contribution is 2.24. The molecule has 0 bridgehead atoms. The molecule has 5 heteroatoms. The Morgan fingerprint density at radius 3 is 3.14 bits per heavy atom. The predicted molar refractivity (Wildman–Crippen MR) is 49.5 cm³/mol. The van der Waals surface area contributed by atoms with Gasteiger partial charge < -0.3 is 20.9 Å². The Kier molecular flexibility index (Phi) is 2.54. The molecule has 2 aliphatic rings. The van der Waals surface area contributed by atoms with Crippen LogP contribution in [-0.2, 0) is 9.53 Å². The van der Waals surface area contributed by atoms with Crippen molar-refractivity contribution in [3.8, 4) is 0 Å². The van der Waals surface area contributed by atoms with Crippen molar-refractivity contribution in [3.63, 3.8) is 0 Å². The molecule has 0 aromatic carbocycles. The van der Waals surface area contributed by atoms with Crippen LogP contribution in [0.2, 0.25) is 0 Å². The van der Waals surface area contributed by atoms with Crippen molar-refractivity contribution in [3.05, 3.63) is 11.1 Å². The van der Waals surface area contributed by atoms with Gasteiger partial charge in [-0.1, -0.05) is 0 Å². The molecule has 78 valence electrons. The van der Waals surface area contributed by atoms with Crippen molar-refractivity contribution in [2.75, 3.05) is 19.8 Å². The number of rotatable bonds is 1. The van der Waals surface area contributed by atoms with Gasteiger partial charge in [0.05, 0.1) is 19.3 Å². The van der Waals surface area contributed by atoms with Gasteiger partial charge in [-0.25, -0.2) is 0 Å². The van der Waals surface area contributed by atoms with Crippen molar-refractivity contribution in [2.24, 2.45) is 5.73 Å². The zero-order valence-electron chi connectivity index (χ0n) is 7.82. The molecule has 2 rings (SSSR count). The van der Waals surface area contributed by atoms with Crippen LogP contribution in [-0.4, -0.2) is 42.9 Å². The first-order valence-electron chi connectivity index (χ1n) is 4.71. The lowest BCUT2D eigenvalue weighted by Crippen LogP contribution is -2.48. The molecule has 0 aromatic rings. The Bertz CT molecular complexity index is 288. The standard InChI is InChI=1S/C9H14N2O3/c10-2-5-1-6-7(9(13)11-5)3-14-4-8(6)12/h5,8,12H,1-4,10H2,(H,11,13)/t5?,8-/m1/s1. The molecule has 14 heavy (non-hydrogen) atoms. The van der Waals surface area contributed by atoms with Crippen LogP contribution < -0.4 is 11.1 Å². The third-order valence-electron chi connectivity index (χ3n) is 2.67. The number of carbonyl (C=O) groups is 1. The first-order valence-corrected chi connectivity index (χ1v) is 4.71. The number of amides is 1. The lowest BCUT2D eigenvalue weighted by molar-refractivity contribution is -0.120. The number of hydrogen-bond donors (Lipinski definition) is 3. The number of carbonyl (C=O) groups excluding carboxylic acids is 1. The van der Waals surface area contributed by atoms with Gasteiger partial charge >= 0.3 is 0 Å². The predicted octanol–water partition coefficient (Wildman–Crippen LogP) is -1.48. The molecule has 5 nitrogen and oxygen atoms in total. The Morgan fingerprint density at radius 1 is 1.64 bits per heavy atom. The van der Waals surface area contributed by atoms with E-state index < -0.39 is 6.10 Å². The summed E-state index contributed by atoms with van der Waals surface area (Å²) in [5.74, 6) is -0.152. The third kappa shape index (κ3) is 1.54. The zero-order valence-corrected chi connectivity index (χ0v) is 7.82. The second-order valence-electron chi connectivity index (χ2n) is 3.64. The Balaban J connectivity index is 2.26. The van der Waals surface area contributed by atoms with E-state index in [0.29, 0.717) is 25.1 Å². The number of aliphatic hydroxyl groups is 1. The Morgan fingerprint density at radius 2 is 2.43 bits per heavy atom. The molecule has 0 radical (unpaired) electrons. The highest BCUT2D eigenvalue weighted by molar-refractivity contribution is 5.96. The minimum absolute atomic E-state index is 0.0472. The fourth-order valence-electron chi connectivity index (χ4n) is 1.87. The third-order valence-corrected chi connectivity index (χ3v) is 2.67. The van der Waals surface area contributed by atoms with Crippen LogP contribution in [0.1, 0.15) is 6.42 Å².